The summed E-state index contributed by atoms with van der Waals surface area (Å²) in [6.45, 7) is 0. The van der Waals surface area contributed by atoms with Crippen LogP contribution < -0.4 is 0 Å². The van der Waals surface area contributed by atoms with E-state index in [0.717, 1.165) is 17.4 Å². The summed E-state index contributed by atoms with van der Waals surface area (Å²) in [7, 11) is 0. The zero-order valence-corrected chi connectivity index (χ0v) is 11.5. The van der Waals surface area contributed by atoms with Gasteiger partial charge in [0.25, 0.3) is 0 Å². The molecule has 0 amide bonds. The molecule has 1 aromatic heterocycles. The first-order valence-corrected chi connectivity index (χ1v) is 7.05. The Labute approximate surface area is 121 Å². The number of hydrogen-bond donors (Lipinski definition) is 1. The highest BCUT2D eigenvalue weighted by Gasteiger charge is 2.34. The maximum absolute atomic E-state index is 10.5. The van der Waals surface area contributed by atoms with Crippen LogP contribution >= 0.6 is 11.6 Å². The lowest BCUT2D eigenvalue weighted by Crippen LogP contribution is -2.23. The van der Waals surface area contributed by atoms with Crippen molar-refractivity contribution in [2.75, 3.05) is 0 Å². The first kappa shape index (κ1) is 12.0. The van der Waals surface area contributed by atoms with Crippen LogP contribution in [0.5, 0.6) is 0 Å². The summed E-state index contributed by atoms with van der Waals surface area (Å²) < 4.78 is 5.75. The van der Waals surface area contributed by atoms with Crippen LogP contribution in [0.25, 0.3) is 11.0 Å². The molecule has 3 heteroatoms. The number of furan rings is 1. The summed E-state index contributed by atoms with van der Waals surface area (Å²) in [4.78, 5) is 0. The molecule has 2 nitrogen and oxygen atoms in total. The Kier molecular flexibility index (Phi) is 2.62. The minimum Gasteiger partial charge on any atom is -0.458 e. The van der Waals surface area contributed by atoms with Gasteiger partial charge in [-0.25, -0.2) is 0 Å². The van der Waals surface area contributed by atoms with Crippen LogP contribution in [0.1, 0.15) is 28.9 Å². The first-order chi connectivity index (χ1) is 9.72. The molecule has 2 aromatic carbocycles. The van der Waals surface area contributed by atoms with Crippen LogP contribution in [0.2, 0.25) is 5.02 Å². The van der Waals surface area contributed by atoms with Crippen LogP contribution in [0.15, 0.2) is 52.9 Å². The maximum atomic E-state index is 10.5. The number of rotatable bonds is 2. The van der Waals surface area contributed by atoms with Gasteiger partial charge < -0.3 is 9.52 Å². The summed E-state index contributed by atoms with van der Waals surface area (Å²) in [5.41, 5.74) is 3.30. The van der Waals surface area contributed by atoms with Crippen molar-refractivity contribution >= 4 is 22.6 Å². The maximum Gasteiger partial charge on any atom is 0.134 e. The SMILES string of the molecule is OC(c1cc2cc(Cl)ccc2o1)C1Cc2ccccc21. The molecule has 1 aliphatic rings. The van der Waals surface area contributed by atoms with Gasteiger partial charge in [-0.05, 0) is 41.8 Å². The monoisotopic (exact) mass is 284 g/mol. The van der Waals surface area contributed by atoms with Crippen molar-refractivity contribution in [1.82, 2.24) is 0 Å². The van der Waals surface area contributed by atoms with Gasteiger partial charge in [-0.2, -0.15) is 0 Å². The van der Waals surface area contributed by atoms with E-state index in [0.29, 0.717) is 10.8 Å². The molecule has 20 heavy (non-hydrogen) atoms. The number of halogens is 1. The molecule has 0 radical (unpaired) electrons. The van der Waals surface area contributed by atoms with E-state index in [1.165, 1.54) is 11.1 Å². The molecule has 0 bridgehead atoms. The van der Waals surface area contributed by atoms with E-state index in [-0.39, 0.29) is 5.92 Å². The van der Waals surface area contributed by atoms with E-state index in [4.69, 9.17) is 16.0 Å². The number of hydrogen-bond acceptors (Lipinski definition) is 2. The number of aliphatic hydroxyl groups excluding tert-OH is 1. The van der Waals surface area contributed by atoms with E-state index < -0.39 is 6.10 Å². The third-order valence-corrected chi connectivity index (χ3v) is 4.30. The smallest absolute Gasteiger partial charge is 0.134 e. The fourth-order valence-electron chi connectivity index (χ4n) is 2.96. The summed E-state index contributed by atoms with van der Waals surface area (Å²) in [6.07, 6.45) is 0.297. The Morgan fingerprint density at radius 1 is 1.15 bits per heavy atom. The first-order valence-electron chi connectivity index (χ1n) is 6.67. The highest BCUT2D eigenvalue weighted by atomic mass is 35.5. The predicted molar refractivity (Wildman–Crippen MR) is 79.1 cm³/mol. The molecule has 3 aromatic rings. The summed E-state index contributed by atoms with van der Waals surface area (Å²) in [6, 6.07) is 15.6. The molecule has 1 aliphatic carbocycles. The summed E-state index contributed by atoms with van der Waals surface area (Å²) in [5.74, 6) is 0.740. The molecule has 100 valence electrons. The molecule has 0 aliphatic heterocycles. The fourth-order valence-corrected chi connectivity index (χ4v) is 3.14. The third-order valence-electron chi connectivity index (χ3n) is 4.06. The lowest BCUT2D eigenvalue weighted by molar-refractivity contribution is 0.112. The van der Waals surface area contributed by atoms with Crippen LogP contribution in [0, 0.1) is 0 Å². The molecule has 0 saturated heterocycles. The van der Waals surface area contributed by atoms with Gasteiger partial charge in [0.05, 0.1) is 0 Å². The van der Waals surface area contributed by atoms with Crippen molar-refractivity contribution in [2.24, 2.45) is 0 Å². The molecular formula is C17H13ClO2. The molecule has 0 spiro atoms. The standard InChI is InChI=1S/C17H13ClO2/c18-12-5-6-15-11(7-12)9-16(20-15)17(19)14-8-10-3-1-2-4-13(10)14/h1-7,9,14,17,19H,8H2. The van der Waals surface area contributed by atoms with E-state index in [2.05, 4.69) is 12.1 Å². The van der Waals surface area contributed by atoms with E-state index in [1.807, 2.05) is 30.3 Å². The zero-order chi connectivity index (χ0) is 13.7. The Hall–Kier alpha value is -1.77. The second kappa shape index (κ2) is 4.37. The summed E-state index contributed by atoms with van der Waals surface area (Å²) >= 11 is 5.97. The minimum absolute atomic E-state index is 0.127. The van der Waals surface area contributed by atoms with Crippen molar-refractivity contribution in [3.05, 3.63) is 70.4 Å². The highest BCUT2D eigenvalue weighted by molar-refractivity contribution is 6.31. The molecular weight excluding hydrogens is 272 g/mol. The van der Waals surface area contributed by atoms with Crippen LogP contribution in [-0.4, -0.2) is 5.11 Å². The molecule has 2 atom stereocenters. The highest BCUT2D eigenvalue weighted by Crippen LogP contribution is 2.44. The second-order valence-electron chi connectivity index (χ2n) is 5.29. The molecule has 0 saturated carbocycles. The lowest BCUT2D eigenvalue weighted by Gasteiger charge is -2.32. The van der Waals surface area contributed by atoms with E-state index in [9.17, 15) is 5.11 Å². The van der Waals surface area contributed by atoms with Gasteiger partial charge in [0, 0.05) is 16.3 Å². The average molecular weight is 285 g/mol. The van der Waals surface area contributed by atoms with Gasteiger partial charge in [-0.1, -0.05) is 35.9 Å². The van der Waals surface area contributed by atoms with Crippen molar-refractivity contribution in [3.63, 3.8) is 0 Å². The van der Waals surface area contributed by atoms with Gasteiger partial charge in [0.2, 0.25) is 0 Å². The summed E-state index contributed by atoms with van der Waals surface area (Å²) in [5, 5.41) is 12.1. The van der Waals surface area contributed by atoms with Gasteiger partial charge in [0.1, 0.15) is 17.4 Å². The predicted octanol–water partition coefficient (Wildman–Crippen LogP) is 4.46. The van der Waals surface area contributed by atoms with Gasteiger partial charge >= 0.3 is 0 Å². The molecule has 2 unspecified atom stereocenters. The third kappa shape index (κ3) is 1.76. The second-order valence-corrected chi connectivity index (χ2v) is 5.72. The van der Waals surface area contributed by atoms with Gasteiger partial charge in [-0.15, -0.1) is 0 Å². The fraction of sp³-hybridized carbons (Fsp3) is 0.176. The quantitative estimate of drug-likeness (QED) is 0.754. The number of benzene rings is 2. The largest absolute Gasteiger partial charge is 0.458 e. The normalized spacial score (nSPS) is 18.6. The zero-order valence-electron chi connectivity index (χ0n) is 10.7. The van der Waals surface area contributed by atoms with Crippen molar-refractivity contribution < 1.29 is 9.52 Å². The van der Waals surface area contributed by atoms with Crippen LogP contribution in [-0.2, 0) is 6.42 Å². The van der Waals surface area contributed by atoms with Crippen LogP contribution in [0.4, 0.5) is 0 Å². The van der Waals surface area contributed by atoms with Crippen molar-refractivity contribution in [1.29, 1.82) is 0 Å². The average Bonchev–Trinajstić information content (AvgIpc) is 2.83. The molecule has 4 rings (SSSR count). The lowest BCUT2D eigenvalue weighted by atomic mass is 9.74. The molecule has 1 heterocycles. The van der Waals surface area contributed by atoms with Crippen molar-refractivity contribution in [3.8, 4) is 0 Å². The Morgan fingerprint density at radius 3 is 2.85 bits per heavy atom. The number of fused-ring (bicyclic) bond motifs is 2. The van der Waals surface area contributed by atoms with E-state index in [1.54, 1.807) is 6.07 Å². The minimum atomic E-state index is -0.601. The molecule has 0 fully saturated rings. The van der Waals surface area contributed by atoms with E-state index >= 15 is 0 Å². The Balaban J connectivity index is 1.70. The van der Waals surface area contributed by atoms with Crippen molar-refractivity contribution in [2.45, 2.75) is 18.4 Å². The van der Waals surface area contributed by atoms with Crippen LogP contribution in [0.3, 0.4) is 0 Å². The Morgan fingerprint density at radius 2 is 2.00 bits per heavy atom. The topological polar surface area (TPSA) is 33.4 Å². The number of aliphatic hydroxyl groups is 1. The van der Waals surface area contributed by atoms with Gasteiger partial charge in [0.15, 0.2) is 0 Å². The van der Waals surface area contributed by atoms with Gasteiger partial charge in [-0.3, -0.25) is 0 Å². The Bertz CT molecular complexity index is 791. The molecule has 1 N–H and O–H groups in total.